The lowest BCUT2D eigenvalue weighted by Gasteiger charge is -2.18. The van der Waals surface area contributed by atoms with Crippen LogP contribution in [-0.2, 0) is 12.0 Å². The van der Waals surface area contributed by atoms with Gasteiger partial charge in [-0.3, -0.25) is 4.98 Å². The maximum absolute atomic E-state index is 9.89. The van der Waals surface area contributed by atoms with Crippen LogP contribution in [0.25, 0.3) is 0 Å². The lowest BCUT2D eigenvalue weighted by Crippen LogP contribution is -2.18. The van der Waals surface area contributed by atoms with Gasteiger partial charge in [-0.1, -0.05) is 12.8 Å². The molecule has 88 valence electrons. The number of nitrogens with zero attached hydrogens (tertiary/aromatic N) is 1. The second-order valence-electron chi connectivity index (χ2n) is 5.27. The molecule has 1 aromatic rings. The Morgan fingerprint density at radius 2 is 2.12 bits per heavy atom. The first-order valence-corrected chi connectivity index (χ1v) is 5.95. The largest absolute Gasteiger partial charge is 0.397 e. The minimum Gasteiger partial charge on any atom is -0.397 e. The van der Waals surface area contributed by atoms with Crippen LogP contribution in [0.4, 0.5) is 5.69 Å². The molecule has 1 fully saturated rings. The van der Waals surface area contributed by atoms with E-state index in [4.69, 9.17) is 5.73 Å². The van der Waals surface area contributed by atoms with E-state index in [-0.39, 0.29) is 0 Å². The molecule has 0 radical (unpaired) electrons. The van der Waals surface area contributed by atoms with Crippen molar-refractivity contribution in [2.75, 3.05) is 5.73 Å². The molecule has 0 atom stereocenters. The Kier molecular flexibility index (Phi) is 2.89. The van der Waals surface area contributed by atoms with Crippen LogP contribution in [0.3, 0.4) is 0 Å². The Morgan fingerprint density at radius 3 is 2.69 bits per heavy atom. The number of nitrogen functional groups attached to an aromatic ring is 1. The van der Waals surface area contributed by atoms with Gasteiger partial charge in [0, 0.05) is 0 Å². The summed E-state index contributed by atoms with van der Waals surface area (Å²) in [6.07, 6.45) is 4.81. The van der Waals surface area contributed by atoms with Gasteiger partial charge in [0.2, 0.25) is 0 Å². The molecule has 1 aliphatic carbocycles. The molecule has 1 aliphatic rings. The summed E-state index contributed by atoms with van der Waals surface area (Å²) >= 11 is 0. The number of nitrogens with two attached hydrogens (primary N) is 1. The van der Waals surface area contributed by atoms with Crippen molar-refractivity contribution in [2.45, 2.75) is 45.1 Å². The quantitative estimate of drug-likeness (QED) is 0.818. The molecule has 3 heteroatoms. The number of rotatable bonds is 4. The summed E-state index contributed by atoms with van der Waals surface area (Å²) in [4.78, 5) is 4.47. The minimum absolute atomic E-state index is 0.701. The van der Waals surface area contributed by atoms with E-state index in [1.807, 2.05) is 6.07 Å². The van der Waals surface area contributed by atoms with Crippen molar-refractivity contribution in [1.29, 1.82) is 0 Å². The van der Waals surface area contributed by atoms with E-state index in [1.54, 1.807) is 19.9 Å². The lowest BCUT2D eigenvalue weighted by molar-refractivity contribution is 0.0736. The number of pyridine rings is 1. The molecule has 16 heavy (non-hydrogen) atoms. The van der Waals surface area contributed by atoms with Crippen LogP contribution in [-0.4, -0.2) is 10.1 Å². The highest BCUT2D eigenvalue weighted by Gasteiger charge is 2.22. The molecule has 0 spiro atoms. The van der Waals surface area contributed by atoms with Gasteiger partial charge in [-0.25, -0.2) is 0 Å². The Hall–Kier alpha value is -1.09. The van der Waals surface area contributed by atoms with E-state index in [2.05, 4.69) is 4.98 Å². The molecule has 1 saturated carbocycles. The van der Waals surface area contributed by atoms with E-state index in [9.17, 15) is 5.11 Å². The summed E-state index contributed by atoms with van der Waals surface area (Å²) in [7, 11) is 0. The monoisotopic (exact) mass is 220 g/mol. The average molecular weight is 220 g/mol. The first-order chi connectivity index (χ1) is 7.47. The van der Waals surface area contributed by atoms with Gasteiger partial charge in [0.05, 0.1) is 17.1 Å². The first kappa shape index (κ1) is 11.4. The number of hydrogen-bond donors (Lipinski definition) is 2. The summed E-state index contributed by atoms with van der Waals surface area (Å²) in [6.45, 7) is 3.49. The van der Waals surface area contributed by atoms with E-state index in [0.717, 1.165) is 23.7 Å². The fourth-order valence-electron chi connectivity index (χ4n) is 1.80. The molecule has 1 heterocycles. The number of aryl methyl sites for hydroxylation is 1. The van der Waals surface area contributed by atoms with Crippen LogP contribution in [0, 0.1) is 5.92 Å². The first-order valence-electron chi connectivity index (χ1n) is 5.95. The minimum atomic E-state index is -0.887. The second kappa shape index (κ2) is 4.06. The average Bonchev–Trinajstić information content (AvgIpc) is 2.98. The summed E-state index contributed by atoms with van der Waals surface area (Å²) in [6, 6.07) is 3.65. The highest BCUT2D eigenvalue weighted by Crippen LogP contribution is 2.34. The summed E-state index contributed by atoms with van der Waals surface area (Å²) in [5.74, 6) is 0.881. The van der Waals surface area contributed by atoms with E-state index in [0.29, 0.717) is 5.69 Å². The Morgan fingerprint density at radius 1 is 1.44 bits per heavy atom. The van der Waals surface area contributed by atoms with Gasteiger partial charge in [-0.15, -0.1) is 0 Å². The van der Waals surface area contributed by atoms with Gasteiger partial charge >= 0.3 is 0 Å². The van der Waals surface area contributed by atoms with Crippen molar-refractivity contribution in [2.24, 2.45) is 5.92 Å². The van der Waals surface area contributed by atoms with Gasteiger partial charge < -0.3 is 10.8 Å². The summed E-state index contributed by atoms with van der Waals surface area (Å²) in [5.41, 5.74) is 7.39. The van der Waals surface area contributed by atoms with Crippen molar-refractivity contribution < 1.29 is 5.11 Å². The van der Waals surface area contributed by atoms with Gasteiger partial charge in [0.15, 0.2) is 0 Å². The van der Waals surface area contributed by atoms with Crippen LogP contribution in [0.15, 0.2) is 12.1 Å². The molecular formula is C13H20N2O. The maximum atomic E-state index is 9.89. The number of aromatic nitrogens is 1. The zero-order valence-corrected chi connectivity index (χ0v) is 10.0. The van der Waals surface area contributed by atoms with Gasteiger partial charge in [-0.2, -0.15) is 0 Å². The van der Waals surface area contributed by atoms with Gasteiger partial charge in [0.1, 0.15) is 5.60 Å². The number of aliphatic hydroxyl groups is 1. The lowest BCUT2D eigenvalue weighted by atomic mass is 10.0. The highest BCUT2D eigenvalue weighted by molar-refractivity contribution is 5.44. The van der Waals surface area contributed by atoms with E-state index < -0.39 is 5.60 Å². The fraction of sp³-hybridized carbons (Fsp3) is 0.615. The molecule has 0 aromatic carbocycles. The van der Waals surface area contributed by atoms with Gasteiger partial charge in [0.25, 0.3) is 0 Å². The van der Waals surface area contributed by atoms with Crippen molar-refractivity contribution in [1.82, 2.24) is 4.98 Å². The molecule has 0 bridgehead atoms. The number of hydrogen-bond acceptors (Lipinski definition) is 3. The smallest absolute Gasteiger partial charge is 0.101 e. The predicted molar refractivity (Wildman–Crippen MR) is 64.9 cm³/mol. The molecule has 3 N–H and O–H groups in total. The standard InChI is InChI=1S/C13H20N2O/c1-13(2,16)12-8-6-10(14)11(15-12)7-5-9-3-4-9/h6,8-9,16H,3-5,7,14H2,1-2H3. The number of anilines is 1. The van der Waals surface area contributed by atoms with Gasteiger partial charge in [-0.05, 0) is 44.7 Å². The third kappa shape index (κ3) is 2.73. The van der Waals surface area contributed by atoms with Crippen LogP contribution in [0.1, 0.15) is 44.5 Å². The third-order valence-electron chi connectivity index (χ3n) is 3.12. The molecule has 0 aliphatic heterocycles. The van der Waals surface area contributed by atoms with Crippen molar-refractivity contribution in [3.8, 4) is 0 Å². The molecule has 2 rings (SSSR count). The van der Waals surface area contributed by atoms with Crippen molar-refractivity contribution >= 4 is 5.69 Å². The van der Waals surface area contributed by atoms with E-state index in [1.165, 1.54) is 19.3 Å². The maximum Gasteiger partial charge on any atom is 0.101 e. The van der Waals surface area contributed by atoms with Crippen LogP contribution in [0.2, 0.25) is 0 Å². The molecule has 1 aromatic heterocycles. The normalized spacial score (nSPS) is 16.4. The fourth-order valence-corrected chi connectivity index (χ4v) is 1.80. The van der Waals surface area contributed by atoms with Crippen molar-refractivity contribution in [3.05, 3.63) is 23.5 Å². The Labute approximate surface area is 96.7 Å². The summed E-state index contributed by atoms with van der Waals surface area (Å²) in [5, 5.41) is 9.89. The Balaban J connectivity index is 2.14. The topological polar surface area (TPSA) is 59.1 Å². The SMILES string of the molecule is CC(C)(O)c1ccc(N)c(CCC2CC2)n1. The zero-order valence-electron chi connectivity index (χ0n) is 10.0. The second-order valence-corrected chi connectivity index (χ2v) is 5.27. The van der Waals surface area contributed by atoms with Crippen LogP contribution >= 0.6 is 0 Å². The molecule has 0 unspecified atom stereocenters. The van der Waals surface area contributed by atoms with Crippen LogP contribution in [0.5, 0.6) is 0 Å². The summed E-state index contributed by atoms with van der Waals surface area (Å²) < 4.78 is 0. The Bertz CT molecular complexity index is 378. The molecular weight excluding hydrogens is 200 g/mol. The zero-order chi connectivity index (χ0) is 11.8. The van der Waals surface area contributed by atoms with E-state index >= 15 is 0 Å². The van der Waals surface area contributed by atoms with Crippen LogP contribution < -0.4 is 5.73 Å². The van der Waals surface area contributed by atoms with Crippen molar-refractivity contribution in [3.63, 3.8) is 0 Å². The molecule has 3 nitrogen and oxygen atoms in total. The third-order valence-corrected chi connectivity index (χ3v) is 3.12. The predicted octanol–water partition coefficient (Wildman–Crippen LogP) is 2.23. The highest BCUT2D eigenvalue weighted by atomic mass is 16.3. The molecule has 0 amide bonds. The molecule has 0 saturated heterocycles.